The van der Waals surface area contributed by atoms with E-state index in [-0.39, 0.29) is 6.10 Å². The van der Waals surface area contributed by atoms with Crippen LogP contribution in [0.25, 0.3) is 0 Å². The molecule has 0 spiro atoms. The minimum Gasteiger partial charge on any atom is -0.391 e. The largest absolute Gasteiger partial charge is 0.391 e. The quantitative estimate of drug-likeness (QED) is 0.759. The van der Waals surface area contributed by atoms with E-state index >= 15 is 0 Å². The molecule has 1 aliphatic rings. The monoisotopic (exact) mass is 213 g/mol. The Balaban J connectivity index is 2.10. The molecule has 0 aliphatic carbocycles. The van der Waals surface area contributed by atoms with E-state index in [1.165, 1.54) is 6.20 Å². The van der Waals surface area contributed by atoms with Crippen molar-refractivity contribution in [1.82, 2.24) is 9.97 Å². The van der Waals surface area contributed by atoms with Crippen molar-refractivity contribution in [1.29, 1.82) is 0 Å². The van der Waals surface area contributed by atoms with Gasteiger partial charge in [-0.05, 0) is 12.8 Å². The summed E-state index contributed by atoms with van der Waals surface area (Å²) in [5.41, 5.74) is 0. The predicted molar refractivity (Wildman–Crippen MR) is 54.5 cm³/mol. The molecule has 5 heteroatoms. The maximum Gasteiger partial charge on any atom is 0.147 e. The van der Waals surface area contributed by atoms with Crippen molar-refractivity contribution in [3.05, 3.63) is 17.5 Å². The lowest BCUT2D eigenvalue weighted by Crippen LogP contribution is -2.38. The highest BCUT2D eigenvalue weighted by atomic mass is 35.5. The second-order valence-electron chi connectivity index (χ2n) is 3.44. The number of halogens is 1. The van der Waals surface area contributed by atoms with Crippen molar-refractivity contribution in [3.63, 3.8) is 0 Å². The number of aromatic nitrogens is 2. The molecule has 1 aliphatic heterocycles. The number of aliphatic hydroxyl groups is 1. The minimum absolute atomic E-state index is 0.249. The molecule has 0 radical (unpaired) electrons. The van der Waals surface area contributed by atoms with Crippen LogP contribution in [0.2, 0.25) is 5.15 Å². The summed E-state index contributed by atoms with van der Waals surface area (Å²) in [6.07, 6.45) is 4.78. The molecule has 0 bridgehead atoms. The van der Waals surface area contributed by atoms with Crippen LogP contribution in [0.15, 0.2) is 12.4 Å². The molecule has 4 nitrogen and oxygen atoms in total. The van der Waals surface area contributed by atoms with Crippen LogP contribution < -0.4 is 4.90 Å². The summed E-state index contributed by atoms with van der Waals surface area (Å²) in [5, 5.41) is 9.87. The fourth-order valence-electron chi connectivity index (χ4n) is 1.63. The molecule has 0 amide bonds. The van der Waals surface area contributed by atoms with Gasteiger partial charge in [-0.3, -0.25) is 0 Å². The Kier molecular flexibility index (Phi) is 2.84. The van der Waals surface area contributed by atoms with Crippen LogP contribution in [0, 0.1) is 0 Å². The maximum atomic E-state index is 9.48. The molecule has 1 N–H and O–H groups in total. The third-order valence-electron chi connectivity index (χ3n) is 2.33. The van der Waals surface area contributed by atoms with Crippen LogP contribution in [-0.2, 0) is 0 Å². The average molecular weight is 214 g/mol. The highest BCUT2D eigenvalue weighted by Gasteiger charge is 2.18. The number of β-amino-alcohol motifs (C(OH)–C–C–N with tert-alkyl or cyclic N) is 1. The van der Waals surface area contributed by atoms with Gasteiger partial charge in [-0.1, -0.05) is 11.6 Å². The summed E-state index contributed by atoms with van der Waals surface area (Å²) in [4.78, 5) is 10.1. The first kappa shape index (κ1) is 9.68. The standard InChI is InChI=1S/C9H12ClN3O/c10-8-4-12-9(5-11-8)13-3-1-2-7(14)6-13/h4-5,7,14H,1-3,6H2. The number of rotatable bonds is 1. The lowest BCUT2D eigenvalue weighted by Gasteiger charge is -2.30. The average Bonchev–Trinajstić information content (AvgIpc) is 2.19. The summed E-state index contributed by atoms with van der Waals surface area (Å²) < 4.78 is 0. The first-order valence-electron chi connectivity index (χ1n) is 4.66. The summed E-state index contributed by atoms with van der Waals surface area (Å²) in [7, 11) is 0. The summed E-state index contributed by atoms with van der Waals surface area (Å²) in [5.74, 6) is 0.785. The Labute approximate surface area is 87.5 Å². The molecule has 1 unspecified atom stereocenters. The highest BCUT2D eigenvalue weighted by molar-refractivity contribution is 6.29. The van der Waals surface area contributed by atoms with E-state index < -0.39 is 0 Å². The fraction of sp³-hybridized carbons (Fsp3) is 0.556. The smallest absolute Gasteiger partial charge is 0.147 e. The number of piperidine rings is 1. The van der Waals surface area contributed by atoms with E-state index in [4.69, 9.17) is 11.6 Å². The molecule has 0 saturated carbocycles. The van der Waals surface area contributed by atoms with Crippen LogP contribution in [0.3, 0.4) is 0 Å². The van der Waals surface area contributed by atoms with E-state index in [1.54, 1.807) is 6.20 Å². The molecule has 1 saturated heterocycles. The molecule has 1 aromatic rings. The van der Waals surface area contributed by atoms with Gasteiger partial charge in [0.1, 0.15) is 11.0 Å². The molecule has 1 aromatic heterocycles. The molecule has 76 valence electrons. The van der Waals surface area contributed by atoms with Crippen LogP contribution in [0.1, 0.15) is 12.8 Å². The van der Waals surface area contributed by atoms with Crippen molar-refractivity contribution < 1.29 is 5.11 Å². The van der Waals surface area contributed by atoms with Gasteiger partial charge in [0.05, 0.1) is 18.5 Å². The zero-order valence-electron chi connectivity index (χ0n) is 7.73. The molecule has 1 atom stereocenters. The highest BCUT2D eigenvalue weighted by Crippen LogP contribution is 2.17. The number of aliphatic hydroxyl groups excluding tert-OH is 1. The van der Waals surface area contributed by atoms with Crippen LogP contribution in [0.5, 0.6) is 0 Å². The van der Waals surface area contributed by atoms with E-state index in [1.807, 2.05) is 4.90 Å². The second-order valence-corrected chi connectivity index (χ2v) is 3.83. The molecule has 2 rings (SSSR count). The number of anilines is 1. The van der Waals surface area contributed by atoms with Gasteiger partial charge in [0.15, 0.2) is 0 Å². The molecular weight excluding hydrogens is 202 g/mol. The maximum absolute atomic E-state index is 9.48. The lowest BCUT2D eigenvalue weighted by atomic mass is 10.1. The molecule has 2 heterocycles. The Morgan fingerprint density at radius 3 is 2.93 bits per heavy atom. The number of hydrogen-bond donors (Lipinski definition) is 1. The second kappa shape index (κ2) is 4.11. The Morgan fingerprint density at radius 2 is 2.29 bits per heavy atom. The molecule has 14 heavy (non-hydrogen) atoms. The third-order valence-corrected chi connectivity index (χ3v) is 2.52. The fourth-order valence-corrected chi connectivity index (χ4v) is 1.73. The van der Waals surface area contributed by atoms with Crippen molar-refractivity contribution >= 4 is 17.4 Å². The topological polar surface area (TPSA) is 49.2 Å². The first-order valence-corrected chi connectivity index (χ1v) is 5.04. The third kappa shape index (κ3) is 2.13. The van der Waals surface area contributed by atoms with Crippen LogP contribution in [0.4, 0.5) is 5.82 Å². The zero-order valence-corrected chi connectivity index (χ0v) is 8.48. The number of hydrogen-bond acceptors (Lipinski definition) is 4. The van der Waals surface area contributed by atoms with Crippen molar-refractivity contribution in [2.24, 2.45) is 0 Å². The van der Waals surface area contributed by atoms with Gasteiger partial charge in [0, 0.05) is 13.1 Å². The van der Waals surface area contributed by atoms with Crippen molar-refractivity contribution in [2.45, 2.75) is 18.9 Å². The normalized spacial score (nSPS) is 22.4. The summed E-state index contributed by atoms with van der Waals surface area (Å²) in [6.45, 7) is 1.56. The zero-order chi connectivity index (χ0) is 9.97. The van der Waals surface area contributed by atoms with Gasteiger partial charge in [0.2, 0.25) is 0 Å². The summed E-state index contributed by atoms with van der Waals surface area (Å²) >= 11 is 5.64. The van der Waals surface area contributed by atoms with E-state index in [9.17, 15) is 5.11 Å². The van der Waals surface area contributed by atoms with Gasteiger partial charge in [-0.2, -0.15) is 0 Å². The van der Waals surface area contributed by atoms with Crippen molar-refractivity contribution in [3.8, 4) is 0 Å². The van der Waals surface area contributed by atoms with Gasteiger partial charge in [-0.25, -0.2) is 9.97 Å². The number of nitrogens with zero attached hydrogens (tertiary/aromatic N) is 3. The SMILES string of the molecule is OC1CCCN(c2cnc(Cl)cn2)C1. The van der Waals surface area contributed by atoms with Crippen LogP contribution in [-0.4, -0.2) is 34.3 Å². The first-order chi connectivity index (χ1) is 6.75. The van der Waals surface area contributed by atoms with Crippen LogP contribution >= 0.6 is 11.6 Å². The van der Waals surface area contributed by atoms with Gasteiger partial charge < -0.3 is 10.0 Å². The minimum atomic E-state index is -0.249. The Morgan fingerprint density at radius 1 is 1.43 bits per heavy atom. The molecule has 0 aromatic carbocycles. The predicted octanol–water partition coefficient (Wildman–Crippen LogP) is 1.09. The lowest BCUT2D eigenvalue weighted by molar-refractivity contribution is 0.154. The van der Waals surface area contributed by atoms with Crippen molar-refractivity contribution in [2.75, 3.05) is 18.0 Å². The van der Waals surface area contributed by atoms with E-state index in [2.05, 4.69) is 9.97 Å². The Bertz CT molecular complexity index is 303. The van der Waals surface area contributed by atoms with Gasteiger partial charge in [0.25, 0.3) is 0 Å². The molecule has 1 fully saturated rings. The Hall–Kier alpha value is -0.870. The molecular formula is C9H12ClN3O. The van der Waals surface area contributed by atoms with E-state index in [0.29, 0.717) is 11.7 Å². The van der Waals surface area contributed by atoms with Gasteiger partial charge in [-0.15, -0.1) is 0 Å². The van der Waals surface area contributed by atoms with E-state index in [0.717, 1.165) is 25.2 Å². The summed E-state index contributed by atoms with van der Waals surface area (Å²) in [6, 6.07) is 0. The van der Waals surface area contributed by atoms with Gasteiger partial charge >= 0.3 is 0 Å².